The van der Waals surface area contributed by atoms with Crippen LogP contribution in [0.25, 0.3) is 0 Å². The second-order valence-corrected chi connectivity index (χ2v) is 8.39. The summed E-state index contributed by atoms with van der Waals surface area (Å²) in [7, 11) is -1.86. The van der Waals surface area contributed by atoms with Crippen LogP contribution in [-0.2, 0) is 21.4 Å². The van der Waals surface area contributed by atoms with Crippen molar-refractivity contribution in [3.63, 3.8) is 0 Å². The van der Waals surface area contributed by atoms with Crippen LogP contribution in [0, 0.1) is 0 Å². The van der Waals surface area contributed by atoms with E-state index in [2.05, 4.69) is 5.32 Å². The van der Waals surface area contributed by atoms with Gasteiger partial charge in [0.1, 0.15) is 5.75 Å². The van der Waals surface area contributed by atoms with Gasteiger partial charge in [0.25, 0.3) is 0 Å². The Morgan fingerprint density at radius 2 is 1.89 bits per heavy atom. The standard InChI is InChI=1S/C19H23ClN2O4S/c1-26-18-6-3-5-15(13-18)14-21-19(23)7-4-12-22(27(2,24)25)17-10-8-16(20)9-11-17/h3,5-6,8-11,13H,4,7,12,14H2,1-2H3,(H,21,23). The largest absolute Gasteiger partial charge is 0.497 e. The molecule has 1 N–H and O–H groups in total. The van der Waals surface area contributed by atoms with E-state index < -0.39 is 10.0 Å². The number of amides is 1. The molecule has 0 spiro atoms. The molecule has 0 aliphatic carbocycles. The molecule has 2 aromatic rings. The first kappa shape index (κ1) is 21.1. The molecule has 0 unspecified atom stereocenters. The van der Waals surface area contributed by atoms with E-state index in [0.717, 1.165) is 17.6 Å². The van der Waals surface area contributed by atoms with Crippen LogP contribution in [0.5, 0.6) is 5.75 Å². The molecule has 0 aromatic heterocycles. The summed E-state index contributed by atoms with van der Waals surface area (Å²) < 4.78 is 30.5. The molecule has 0 fully saturated rings. The second-order valence-electron chi connectivity index (χ2n) is 6.04. The molecule has 2 aromatic carbocycles. The smallest absolute Gasteiger partial charge is 0.232 e. The quantitative estimate of drug-likeness (QED) is 0.688. The number of benzene rings is 2. The summed E-state index contributed by atoms with van der Waals surface area (Å²) in [5.74, 6) is 0.593. The summed E-state index contributed by atoms with van der Waals surface area (Å²) in [4.78, 5) is 12.1. The summed E-state index contributed by atoms with van der Waals surface area (Å²) in [6.45, 7) is 0.607. The molecule has 0 saturated heterocycles. The van der Waals surface area contributed by atoms with Gasteiger partial charge in [-0.05, 0) is 48.4 Å². The van der Waals surface area contributed by atoms with Crippen LogP contribution in [0.4, 0.5) is 5.69 Å². The first-order chi connectivity index (χ1) is 12.8. The Labute approximate surface area is 165 Å². The van der Waals surface area contributed by atoms with Gasteiger partial charge in [-0.2, -0.15) is 0 Å². The van der Waals surface area contributed by atoms with E-state index in [4.69, 9.17) is 16.3 Å². The highest BCUT2D eigenvalue weighted by atomic mass is 35.5. The lowest BCUT2D eigenvalue weighted by molar-refractivity contribution is -0.121. The lowest BCUT2D eigenvalue weighted by Gasteiger charge is -2.22. The van der Waals surface area contributed by atoms with Gasteiger partial charge in [-0.1, -0.05) is 23.7 Å². The summed E-state index contributed by atoms with van der Waals surface area (Å²) in [5, 5.41) is 3.36. The highest BCUT2D eigenvalue weighted by molar-refractivity contribution is 7.92. The van der Waals surface area contributed by atoms with Gasteiger partial charge in [-0.3, -0.25) is 9.10 Å². The van der Waals surface area contributed by atoms with Gasteiger partial charge in [-0.15, -0.1) is 0 Å². The molecular formula is C19H23ClN2O4S. The Balaban J connectivity index is 1.86. The van der Waals surface area contributed by atoms with E-state index in [1.807, 2.05) is 24.3 Å². The van der Waals surface area contributed by atoms with Gasteiger partial charge in [-0.25, -0.2) is 8.42 Å². The number of hydrogen-bond donors (Lipinski definition) is 1. The summed E-state index contributed by atoms with van der Waals surface area (Å²) in [6, 6.07) is 14.0. The maximum Gasteiger partial charge on any atom is 0.232 e. The van der Waals surface area contributed by atoms with E-state index in [1.165, 1.54) is 4.31 Å². The van der Waals surface area contributed by atoms with Gasteiger partial charge >= 0.3 is 0 Å². The van der Waals surface area contributed by atoms with Crippen LogP contribution in [0.2, 0.25) is 5.02 Å². The number of carbonyl (C=O) groups is 1. The van der Waals surface area contributed by atoms with E-state index in [1.54, 1.807) is 31.4 Å². The molecule has 0 aliphatic rings. The summed E-state index contributed by atoms with van der Waals surface area (Å²) in [6.07, 6.45) is 1.77. The van der Waals surface area contributed by atoms with Crippen molar-refractivity contribution in [3.05, 3.63) is 59.1 Å². The summed E-state index contributed by atoms with van der Waals surface area (Å²) >= 11 is 5.85. The average molecular weight is 411 g/mol. The number of anilines is 1. The maximum absolute atomic E-state index is 12.1. The number of nitrogens with zero attached hydrogens (tertiary/aromatic N) is 1. The summed E-state index contributed by atoms with van der Waals surface area (Å²) in [5.41, 5.74) is 1.46. The van der Waals surface area contributed by atoms with Crippen molar-refractivity contribution in [1.82, 2.24) is 5.32 Å². The number of rotatable bonds is 9. The van der Waals surface area contributed by atoms with Gasteiger partial charge in [0.2, 0.25) is 15.9 Å². The van der Waals surface area contributed by atoms with Crippen LogP contribution in [0.1, 0.15) is 18.4 Å². The van der Waals surface area contributed by atoms with E-state index >= 15 is 0 Å². The van der Waals surface area contributed by atoms with E-state index in [9.17, 15) is 13.2 Å². The number of halogens is 1. The van der Waals surface area contributed by atoms with Crippen molar-refractivity contribution in [1.29, 1.82) is 0 Å². The maximum atomic E-state index is 12.1. The fraction of sp³-hybridized carbons (Fsp3) is 0.316. The Bertz CT molecular complexity index is 870. The molecule has 6 nitrogen and oxygen atoms in total. The predicted molar refractivity (Wildman–Crippen MR) is 108 cm³/mol. The third-order valence-corrected chi connectivity index (χ3v) is 5.35. The SMILES string of the molecule is COc1cccc(CNC(=O)CCCN(c2ccc(Cl)cc2)S(C)(=O)=O)c1. The number of carbonyl (C=O) groups excluding carboxylic acids is 1. The highest BCUT2D eigenvalue weighted by Crippen LogP contribution is 2.21. The molecule has 1 amide bonds. The number of ether oxygens (including phenoxy) is 1. The minimum absolute atomic E-state index is 0.137. The number of hydrogen-bond acceptors (Lipinski definition) is 4. The molecular weight excluding hydrogens is 388 g/mol. The normalized spacial score (nSPS) is 11.1. The fourth-order valence-electron chi connectivity index (χ4n) is 2.55. The highest BCUT2D eigenvalue weighted by Gasteiger charge is 2.17. The van der Waals surface area contributed by atoms with Crippen LogP contribution >= 0.6 is 11.6 Å². The Hall–Kier alpha value is -2.25. The van der Waals surface area contributed by atoms with Crippen molar-refractivity contribution in [2.75, 3.05) is 24.2 Å². The van der Waals surface area contributed by atoms with E-state index in [0.29, 0.717) is 23.7 Å². The minimum Gasteiger partial charge on any atom is -0.497 e. The van der Waals surface area contributed by atoms with Gasteiger partial charge in [0.15, 0.2) is 0 Å². The second kappa shape index (κ2) is 9.62. The number of nitrogens with one attached hydrogen (secondary N) is 1. The lowest BCUT2D eigenvalue weighted by atomic mass is 10.2. The topological polar surface area (TPSA) is 75.7 Å². The third-order valence-electron chi connectivity index (χ3n) is 3.90. The fourth-order valence-corrected chi connectivity index (χ4v) is 3.64. The van der Waals surface area contributed by atoms with Crippen molar-refractivity contribution in [2.45, 2.75) is 19.4 Å². The molecule has 2 rings (SSSR count). The van der Waals surface area contributed by atoms with Gasteiger partial charge < -0.3 is 10.1 Å². The van der Waals surface area contributed by atoms with Crippen molar-refractivity contribution < 1.29 is 17.9 Å². The van der Waals surface area contributed by atoms with Crippen molar-refractivity contribution in [3.8, 4) is 5.75 Å². The first-order valence-electron chi connectivity index (χ1n) is 8.42. The molecule has 0 heterocycles. The average Bonchev–Trinajstić information content (AvgIpc) is 2.64. The van der Waals surface area contributed by atoms with Gasteiger partial charge in [0, 0.05) is 24.5 Å². The van der Waals surface area contributed by atoms with Crippen molar-refractivity contribution in [2.24, 2.45) is 0 Å². The molecule has 0 atom stereocenters. The Morgan fingerprint density at radius 1 is 1.19 bits per heavy atom. The zero-order valence-electron chi connectivity index (χ0n) is 15.3. The van der Waals surface area contributed by atoms with Crippen LogP contribution in [-0.4, -0.2) is 34.2 Å². The number of methoxy groups -OCH3 is 1. The van der Waals surface area contributed by atoms with Crippen LogP contribution < -0.4 is 14.4 Å². The molecule has 0 radical (unpaired) electrons. The molecule has 0 aliphatic heterocycles. The Morgan fingerprint density at radius 3 is 2.52 bits per heavy atom. The molecule has 8 heteroatoms. The monoisotopic (exact) mass is 410 g/mol. The molecule has 0 saturated carbocycles. The molecule has 0 bridgehead atoms. The van der Waals surface area contributed by atoms with Crippen molar-refractivity contribution >= 4 is 33.2 Å². The van der Waals surface area contributed by atoms with E-state index in [-0.39, 0.29) is 18.9 Å². The predicted octanol–water partition coefficient (Wildman–Crippen LogP) is 3.21. The van der Waals surface area contributed by atoms with Crippen LogP contribution in [0.15, 0.2) is 48.5 Å². The molecule has 146 valence electrons. The zero-order chi connectivity index (χ0) is 19.9. The van der Waals surface area contributed by atoms with Gasteiger partial charge in [0.05, 0.1) is 19.1 Å². The van der Waals surface area contributed by atoms with Crippen LogP contribution in [0.3, 0.4) is 0 Å². The first-order valence-corrected chi connectivity index (χ1v) is 10.6. The molecule has 27 heavy (non-hydrogen) atoms. The minimum atomic E-state index is -3.45. The Kier molecular flexibility index (Phi) is 7.50. The zero-order valence-corrected chi connectivity index (χ0v) is 16.9. The lowest BCUT2D eigenvalue weighted by Crippen LogP contribution is -2.32. The third kappa shape index (κ3) is 6.77. The number of sulfonamides is 1.